The summed E-state index contributed by atoms with van der Waals surface area (Å²) >= 11 is 2.95. The zero-order valence-corrected chi connectivity index (χ0v) is 23.7. The maximum absolute atomic E-state index is 13.4. The van der Waals surface area contributed by atoms with Gasteiger partial charge in [0.1, 0.15) is 5.00 Å². The van der Waals surface area contributed by atoms with Gasteiger partial charge < -0.3 is 15.4 Å². The molecule has 2 N–H and O–H groups in total. The number of thioether (sulfide) groups is 1. The van der Waals surface area contributed by atoms with Crippen LogP contribution in [0.1, 0.15) is 75.7 Å². The van der Waals surface area contributed by atoms with Gasteiger partial charge in [-0.2, -0.15) is 0 Å². The number of thiophene rings is 1. The number of rotatable bonds is 8. The normalized spacial score (nSPS) is 14.0. The maximum Gasteiger partial charge on any atom is 0.341 e. The molecule has 0 fully saturated rings. The second kappa shape index (κ2) is 13.1. The van der Waals surface area contributed by atoms with Crippen molar-refractivity contribution < 1.29 is 19.1 Å². The van der Waals surface area contributed by atoms with E-state index in [9.17, 15) is 14.4 Å². The molecule has 2 amide bonds. The lowest BCUT2D eigenvalue weighted by atomic mass is 9.96. The molecular weight excluding hydrogens is 516 g/mol. The average Bonchev–Trinajstić information content (AvgIpc) is 3.22. The summed E-state index contributed by atoms with van der Waals surface area (Å²) in [6.45, 7) is 3.88. The van der Waals surface area contributed by atoms with E-state index in [0.29, 0.717) is 28.2 Å². The predicted octanol–water partition coefficient (Wildman–Crippen LogP) is 7.26. The minimum Gasteiger partial charge on any atom is -0.465 e. The van der Waals surface area contributed by atoms with Gasteiger partial charge >= 0.3 is 5.97 Å². The minimum absolute atomic E-state index is 0.147. The van der Waals surface area contributed by atoms with Crippen molar-refractivity contribution in [1.29, 1.82) is 0 Å². The van der Waals surface area contributed by atoms with Gasteiger partial charge in [0.05, 0.1) is 17.9 Å². The lowest BCUT2D eigenvalue weighted by Crippen LogP contribution is -2.25. The molecule has 8 heteroatoms. The minimum atomic E-state index is -0.392. The van der Waals surface area contributed by atoms with Gasteiger partial charge in [-0.05, 0) is 74.4 Å². The van der Waals surface area contributed by atoms with Gasteiger partial charge in [0.15, 0.2) is 0 Å². The van der Waals surface area contributed by atoms with Crippen LogP contribution < -0.4 is 10.6 Å². The number of nitrogens with one attached hydrogen (secondary N) is 2. The summed E-state index contributed by atoms with van der Waals surface area (Å²) in [5, 5.41) is 6.24. The van der Waals surface area contributed by atoms with Gasteiger partial charge in [-0.15, -0.1) is 23.1 Å². The van der Waals surface area contributed by atoms with Crippen molar-refractivity contribution in [3.05, 3.63) is 75.7 Å². The number of methoxy groups -OCH3 is 1. The van der Waals surface area contributed by atoms with Gasteiger partial charge in [0.2, 0.25) is 5.91 Å². The molecule has 38 heavy (non-hydrogen) atoms. The Hall–Kier alpha value is -3.10. The zero-order valence-electron chi connectivity index (χ0n) is 22.1. The smallest absolute Gasteiger partial charge is 0.341 e. The van der Waals surface area contributed by atoms with Crippen LogP contribution in [0.25, 0.3) is 0 Å². The molecule has 0 bridgehead atoms. The third-order valence-corrected chi connectivity index (χ3v) is 9.29. The molecule has 1 unspecified atom stereocenters. The number of amides is 2. The SMILES string of the molecule is CCC(Sc1cccc(NC(=O)c2ccccc2C)c1)C(=O)Nc1sc2c(c1C(=O)OC)CCCCCC2. The second-order valence-electron chi connectivity index (χ2n) is 9.41. The van der Waals surface area contributed by atoms with E-state index < -0.39 is 5.97 Å². The van der Waals surface area contributed by atoms with Gasteiger partial charge in [-0.3, -0.25) is 9.59 Å². The molecule has 0 saturated heterocycles. The molecule has 0 radical (unpaired) electrons. The Morgan fingerprint density at radius 3 is 2.50 bits per heavy atom. The first-order chi connectivity index (χ1) is 18.4. The first-order valence-corrected chi connectivity index (χ1v) is 14.8. The van der Waals surface area contributed by atoms with Crippen molar-refractivity contribution in [2.45, 2.75) is 68.9 Å². The number of aryl methyl sites for hydroxylation is 2. The number of hydrogen-bond donors (Lipinski definition) is 2. The summed E-state index contributed by atoms with van der Waals surface area (Å²) in [6, 6.07) is 15.0. The number of carbonyl (C=O) groups is 3. The van der Waals surface area contributed by atoms with E-state index in [4.69, 9.17) is 4.74 Å². The predicted molar refractivity (Wildman–Crippen MR) is 156 cm³/mol. The first-order valence-electron chi connectivity index (χ1n) is 13.1. The molecular formula is C30H34N2O4S2. The fourth-order valence-corrected chi connectivity index (χ4v) is 6.97. The Kier molecular flexibility index (Phi) is 9.63. The van der Waals surface area contributed by atoms with E-state index in [1.807, 2.05) is 56.3 Å². The molecule has 0 aliphatic heterocycles. The number of benzene rings is 2. The average molecular weight is 551 g/mol. The highest BCUT2D eigenvalue weighted by atomic mass is 32.2. The van der Waals surface area contributed by atoms with E-state index in [-0.39, 0.29) is 17.1 Å². The highest BCUT2D eigenvalue weighted by Gasteiger charge is 2.28. The van der Waals surface area contributed by atoms with E-state index in [1.54, 1.807) is 6.07 Å². The van der Waals surface area contributed by atoms with Crippen molar-refractivity contribution in [2.75, 3.05) is 17.7 Å². The molecule has 1 aliphatic rings. The van der Waals surface area contributed by atoms with Crippen LogP contribution in [-0.2, 0) is 22.4 Å². The number of fused-ring (bicyclic) bond motifs is 1. The molecule has 0 saturated carbocycles. The highest BCUT2D eigenvalue weighted by molar-refractivity contribution is 8.00. The second-order valence-corrected chi connectivity index (χ2v) is 11.8. The Balaban J connectivity index is 1.49. The first kappa shape index (κ1) is 27.9. The fourth-order valence-electron chi connectivity index (χ4n) is 4.68. The van der Waals surface area contributed by atoms with E-state index >= 15 is 0 Å². The van der Waals surface area contributed by atoms with Crippen LogP contribution in [0.15, 0.2) is 53.4 Å². The molecule has 1 aliphatic carbocycles. The van der Waals surface area contributed by atoms with Crippen molar-refractivity contribution in [1.82, 2.24) is 0 Å². The van der Waals surface area contributed by atoms with Crippen LogP contribution in [-0.4, -0.2) is 30.1 Å². The Labute approximate surface area is 232 Å². The van der Waals surface area contributed by atoms with Gasteiger partial charge in [0, 0.05) is 21.0 Å². The number of esters is 1. The molecule has 1 heterocycles. The zero-order chi connectivity index (χ0) is 27.1. The lowest BCUT2D eigenvalue weighted by molar-refractivity contribution is -0.115. The van der Waals surface area contributed by atoms with Crippen LogP contribution in [0.4, 0.5) is 10.7 Å². The molecule has 1 aromatic heterocycles. The van der Waals surface area contributed by atoms with Crippen LogP contribution in [0.3, 0.4) is 0 Å². The monoisotopic (exact) mass is 550 g/mol. The largest absolute Gasteiger partial charge is 0.465 e. The Morgan fingerprint density at radius 1 is 1.00 bits per heavy atom. The van der Waals surface area contributed by atoms with Crippen molar-refractivity contribution in [3.8, 4) is 0 Å². The number of hydrogen-bond acceptors (Lipinski definition) is 6. The van der Waals surface area contributed by atoms with Crippen LogP contribution in [0.5, 0.6) is 0 Å². The Morgan fingerprint density at radius 2 is 1.76 bits per heavy atom. The summed E-state index contributed by atoms with van der Waals surface area (Å²) in [4.78, 5) is 40.9. The summed E-state index contributed by atoms with van der Waals surface area (Å²) in [5.74, 6) is -0.707. The standard InChI is InChI=1S/C30H34N2O4S2/c1-4-24(37-21-14-11-13-20(18-21)31-27(33)22-15-10-9-12-19(22)2)28(34)32-29-26(30(35)36-3)23-16-7-5-6-8-17-25(23)38-29/h9-15,18,24H,4-8,16-17H2,1-3H3,(H,31,33)(H,32,34). The number of ether oxygens (including phenoxy) is 1. The molecule has 1 atom stereocenters. The molecule has 2 aromatic carbocycles. The van der Waals surface area contributed by atoms with E-state index in [2.05, 4.69) is 10.6 Å². The summed E-state index contributed by atoms with van der Waals surface area (Å²) in [7, 11) is 1.39. The molecule has 200 valence electrons. The maximum atomic E-state index is 13.4. The Bertz CT molecular complexity index is 1320. The summed E-state index contributed by atoms with van der Waals surface area (Å²) < 4.78 is 5.10. The van der Waals surface area contributed by atoms with Crippen LogP contribution in [0, 0.1) is 6.92 Å². The van der Waals surface area contributed by atoms with E-state index in [1.165, 1.54) is 41.5 Å². The molecule has 4 rings (SSSR count). The van der Waals surface area contributed by atoms with Gasteiger partial charge in [-0.1, -0.05) is 44.0 Å². The van der Waals surface area contributed by atoms with Crippen molar-refractivity contribution >= 4 is 51.6 Å². The van der Waals surface area contributed by atoms with Crippen molar-refractivity contribution in [3.63, 3.8) is 0 Å². The summed E-state index contributed by atoms with van der Waals surface area (Å²) in [5.41, 5.74) is 3.76. The fraction of sp³-hybridized carbons (Fsp3) is 0.367. The topological polar surface area (TPSA) is 84.5 Å². The van der Waals surface area contributed by atoms with Gasteiger partial charge in [0.25, 0.3) is 5.91 Å². The van der Waals surface area contributed by atoms with Crippen molar-refractivity contribution in [2.24, 2.45) is 0 Å². The van der Waals surface area contributed by atoms with E-state index in [0.717, 1.165) is 48.1 Å². The number of carbonyl (C=O) groups excluding carboxylic acids is 3. The molecule has 6 nitrogen and oxygen atoms in total. The summed E-state index contributed by atoms with van der Waals surface area (Å²) in [6.07, 6.45) is 6.82. The van der Waals surface area contributed by atoms with Crippen LogP contribution >= 0.6 is 23.1 Å². The third-order valence-electron chi connectivity index (χ3n) is 6.72. The quantitative estimate of drug-likeness (QED) is 0.228. The van der Waals surface area contributed by atoms with Crippen LogP contribution in [0.2, 0.25) is 0 Å². The van der Waals surface area contributed by atoms with Gasteiger partial charge in [-0.25, -0.2) is 4.79 Å². The third kappa shape index (κ3) is 6.66. The highest BCUT2D eigenvalue weighted by Crippen LogP contribution is 2.38. The number of anilines is 2. The molecule has 3 aromatic rings. The lowest BCUT2D eigenvalue weighted by Gasteiger charge is -2.16. The molecule has 0 spiro atoms.